The number of benzene rings is 1. The summed E-state index contributed by atoms with van der Waals surface area (Å²) < 4.78 is 5.30. The molecule has 3 aromatic rings. The fourth-order valence-corrected chi connectivity index (χ4v) is 2.25. The van der Waals surface area contributed by atoms with Crippen molar-refractivity contribution < 1.29 is 4.52 Å². The molecule has 0 bridgehead atoms. The number of anilines is 1. The van der Waals surface area contributed by atoms with Crippen LogP contribution in [0.5, 0.6) is 0 Å². The monoisotopic (exact) mass is 286 g/mol. The van der Waals surface area contributed by atoms with Crippen LogP contribution in [-0.2, 0) is 0 Å². The molecule has 20 heavy (non-hydrogen) atoms. The fraction of sp³-hybridized carbons (Fsp3) is 0.214. The van der Waals surface area contributed by atoms with E-state index < -0.39 is 0 Å². The molecule has 0 spiro atoms. The van der Waals surface area contributed by atoms with Crippen LogP contribution < -0.4 is 5.32 Å². The van der Waals surface area contributed by atoms with E-state index in [0.29, 0.717) is 16.8 Å². The summed E-state index contributed by atoms with van der Waals surface area (Å²) >= 11 is 5.92. The summed E-state index contributed by atoms with van der Waals surface area (Å²) in [6.45, 7) is 0. The minimum atomic E-state index is 0.494. The molecule has 2 heterocycles. The first kappa shape index (κ1) is 11.7. The lowest BCUT2D eigenvalue weighted by molar-refractivity contribution is 0.451. The second-order valence-electron chi connectivity index (χ2n) is 4.86. The Kier molecular flexibility index (Phi) is 2.60. The number of nitrogens with zero attached hydrogens (tertiary/aromatic N) is 3. The number of fused-ring (bicyclic) bond motifs is 1. The molecule has 1 aliphatic carbocycles. The van der Waals surface area contributed by atoms with E-state index >= 15 is 0 Å². The van der Waals surface area contributed by atoms with Gasteiger partial charge in [-0.3, -0.25) is 0 Å². The summed E-state index contributed by atoms with van der Waals surface area (Å²) in [5.41, 5.74) is 2.16. The quantitative estimate of drug-likeness (QED) is 0.798. The Morgan fingerprint density at radius 3 is 2.70 bits per heavy atom. The number of rotatable bonds is 3. The van der Waals surface area contributed by atoms with E-state index in [1.165, 1.54) is 19.2 Å². The Labute approximate surface area is 120 Å². The van der Waals surface area contributed by atoms with Crippen molar-refractivity contribution >= 4 is 28.5 Å². The molecule has 6 heteroatoms. The number of aromatic nitrogens is 3. The Morgan fingerprint density at radius 1 is 1.15 bits per heavy atom. The van der Waals surface area contributed by atoms with Crippen LogP contribution in [0.25, 0.3) is 22.4 Å². The first-order valence-electron chi connectivity index (χ1n) is 6.44. The second-order valence-corrected chi connectivity index (χ2v) is 5.30. The third-order valence-electron chi connectivity index (χ3n) is 3.31. The van der Waals surface area contributed by atoms with Crippen molar-refractivity contribution in [3.8, 4) is 11.3 Å². The average Bonchev–Trinajstić information content (AvgIpc) is 3.16. The van der Waals surface area contributed by atoms with Gasteiger partial charge in [-0.2, -0.15) is 4.98 Å². The fourth-order valence-electron chi connectivity index (χ4n) is 2.12. The molecule has 5 nitrogen and oxygen atoms in total. The molecule has 0 aliphatic heterocycles. The number of nitrogens with one attached hydrogen (secondary N) is 1. The van der Waals surface area contributed by atoms with Crippen molar-refractivity contribution in [1.29, 1.82) is 0 Å². The minimum absolute atomic E-state index is 0.494. The summed E-state index contributed by atoms with van der Waals surface area (Å²) in [7, 11) is 0. The van der Waals surface area contributed by atoms with Crippen molar-refractivity contribution in [2.75, 3.05) is 5.32 Å². The number of halogens is 1. The lowest BCUT2D eigenvalue weighted by Crippen LogP contribution is -2.03. The molecule has 4 rings (SSSR count). The standard InChI is InChI=1S/C14H11ClN4O/c15-9-3-1-8(2-4-9)12-11-13(18-10-5-6-10)16-7-17-14(11)20-19-12/h1-4,7,10H,5-6H2,(H,16,17,18). The summed E-state index contributed by atoms with van der Waals surface area (Å²) in [5, 5.41) is 9.02. The summed E-state index contributed by atoms with van der Waals surface area (Å²) in [5.74, 6) is 0.781. The Hall–Kier alpha value is -2.14. The normalized spacial score (nSPS) is 14.7. The smallest absolute Gasteiger partial charge is 0.263 e. The molecular formula is C14H11ClN4O. The van der Waals surface area contributed by atoms with E-state index in [0.717, 1.165) is 22.5 Å². The third kappa shape index (κ3) is 2.00. The maximum Gasteiger partial charge on any atom is 0.263 e. The Morgan fingerprint density at radius 2 is 1.95 bits per heavy atom. The van der Waals surface area contributed by atoms with Gasteiger partial charge in [0.25, 0.3) is 5.71 Å². The highest BCUT2D eigenvalue weighted by Gasteiger charge is 2.24. The lowest BCUT2D eigenvalue weighted by atomic mass is 10.1. The molecule has 1 fully saturated rings. The van der Waals surface area contributed by atoms with Crippen LogP contribution in [0.4, 0.5) is 5.82 Å². The predicted molar refractivity (Wildman–Crippen MR) is 76.7 cm³/mol. The van der Waals surface area contributed by atoms with Gasteiger partial charge in [-0.25, -0.2) is 4.98 Å². The number of hydrogen-bond donors (Lipinski definition) is 1. The highest BCUT2D eigenvalue weighted by Crippen LogP contribution is 2.34. The average molecular weight is 287 g/mol. The lowest BCUT2D eigenvalue weighted by Gasteiger charge is -2.04. The Bertz CT molecular complexity index is 764. The van der Waals surface area contributed by atoms with Crippen molar-refractivity contribution in [1.82, 2.24) is 15.1 Å². The zero-order valence-electron chi connectivity index (χ0n) is 10.5. The first-order chi connectivity index (χ1) is 9.81. The predicted octanol–water partition coefficient (Wildman–Crippen LogP) is 3.51. The van der Waals surface area contributed by atoms with E-state index in [1.807, 2.05) is 24.3 Å². The largest absolute Gasteiger partial charge is 0.367 e. The van der Waals surface area contributed by atoms with E-state index in [1.54, 1.807) is 0 Å². The minimum Gasteiger partial charge on any atom is -0.367 e. The van der Waals surface area contributed by atoms with Crippen LogP contribution in [0.1, 0.15) is 12.8 Å². The zero-order chi connectivity index (χ0) is 13.5. The maximum atomic E-state index is 5.92. The third-order valence-corrected chi connectivity index (χ3v) is 3.56. The van der Waals surface area contributed by atoms with E-state index in [-0.39, 0.29) is 0 Å². The van der Waals surface area contributed by atoms with Gasteiger partial charge in [-0.1, -0.05) is 28.9 Å². The SMILES string of the molecule is Clc1ccc(-c2noc3ncnc(NC4CC4)c23)cc1. The van der Waals surface area contributed by atoms with Crippen molar-refractivity contribution in [2.24, 2.45) is 0 Å². The van der Waals surface area contributed by atoms with Crippen LogP contribution >= 0.6 is 11.6 Å². The summed E-state index contributed by atoms with van der Waals surface area (Å²) in [6.07, 6.45) is 3.84. The maximum absolute atomic E-state index is 5.92. The van der Waals surface area contributed by atoms with E-state index in [9.17, 15) is 0 Å². The Balaban J connectivity index is 1.88. The van der Waals surface area contributed by atoms with Gasteiger partial charge in [-0.05, 0) is 25.0 Å². The van der Waals surface area contributed by atoms with Gasteiger partial charge in [-0.15, -0.1) is 0 Å². The van der Waals surface area contributed by atoms with Gasteiger partial charge in [0.1, 0.15) is 23.2 Å². The van der Waals surface area contributed by atoms with Crippen LogP contribution in [0.3, 0.4) is 0 Å². The zero-order valence-corrected chi connectivity index (χ0v) is 11.3. The topological polar surface area (TPSA) is 63.8 Å². The van der Waals surface area contributed by atoms with Crippen LogP contribution in [0.2, 0.25) is 5.02 Å². The summed E-state index contributed by atoms with van der Waals surface area (Å²) in [4.78, 5) is 8.44. The molecule has 1 aliphatic rings. The van der Waals surface area contributed by atoms with Gasteiger partial charge >= 0.3 is 0 Å². The van der Waals surface area contributed by atoms with E-state index in [4.69, 9.17) is 16.1 Å². The van der Waals surface area contributed by atoms with Gasteiger partial charge < -0.3 is 9.84 Å². The van der Waals surface area contributed by atoms with Crippen LogP contribution in [0.15, 0.2) is 35.1 Å². The second kappa shape index (κ2) is 4.45. The molecule has 1 saturated carbocycles. The molecule has 100 valence electrons. The molecule has 2 aromatic heterocycles. The molecule has 1 aromatic carbocycles. The molecule has 0 amide bonds. The highest BCUT2D eigenvalue weighted by molar-refractivity contribution is 6.30. The first-order valence-corrected chi connectivity index (χ1v) is 6.82. The molecule has 0 saturated heterocycles. The van der Waals surface area contributed by atoms with Crippen molar-refractivity contribution in [3.63, 3.8) is 0 Å². The molecular weight excluding hydrogens is 276 g/mol. The molecule has 1 N–H and O–H groups in total. The molecule has 0 atom stereocenters. The molecule has 0 radical (unpaired) electrons. The van der Waals surface area contributed by atoms with Crippen molar-refractivity contribution in [3.05, 3.63) is 35.6 Å². The van der Waals surface area contributed by atoms with Gasteiger partial charge in [0.15, 0.2) is 0 Å². The van der Waals surface area contributed by atoms with Gasteiger partial charge in [0.2, 0.25) is 0 Å². The van der Waals surface area contributed by atoms with E-state index in [2.05, 4.69) is 20.4 Å². The highest BCUT2D eigenvalue weighted by atomic mass is 35.5. The van der Waals surface area contributed by atoms with Gasteiger partial charge in [0.05, 0.1) is 0 Å². The van der Waals surface area contributed by atoms with Crippen LogP contribution in [0, 0.1) is 0 Å². The number of hydrogen-bond acceptors (Lipinski definition) is 5. The van der Waals surface area contributed by atoms with Crippen molar-refractivity contribution in [2.45, 2.75) is 18.9 Å². The molecule has 0 unspecified atom stereocenters. The summed E-state index contributed by atoms with van der Waals surface area (Å²) in [6, 6.07) is 7.98. The van der Waals surface area contributed by atoms with Crippen LogP contribution in [-0.4, -0.2) is 21.2 Å². The van der Waals surface area contributed by atoms with Gasteiger partial charge in [0, 0.05) is 16.6 Å².